The zero-order valence-electron chi connectivity index (χ0n) is 16.8. The average Bonchev–Trinajstić information content (AvgIpc) is 3.26. The van der Waals surface area contributed by atoms with Gasteiger partial charge in [-0.15, -0.1) is 0 Å². The largest absolute Gasteiger partial charge is 0.359 e. The van der Waals surface area contributed by atoms with Crippen molar-refractivity contribution in [1.82, 2.24) is 4.90 Å². The molecule has 0 saturated carbocycles. The molecule has 2 amide bonds. The molecule has 0 N–H and O–H groups in total. The van der Waals surface area contributed by atoms with E-state index in [-0.39, 0.29) is 17.6 Å². The van der Waals surface area contributed by atoms with Crippen LogP contribution in [0.1, 0.15) is 15.9 Å². The molecule has 5 rings (SSSR count). The van der Waals surface area contributed by atoms with Gasteiger partial charge in [-0.3, -0.25) is 14.4 Å². The Bertz CT molecular complexity index is 1190. The first kappa shape index (κ1) is 19.0. The lowest BCUT2D eigenvalue weighted by Gasteiger charge is -2.32. The van der Waals surface area contributed by atoms with E-state index in [1.54, 1.807) is 59.7 Å². The quantitative estimate of drug-likeness (QED) is 0.575. The number of ketones is 1. The molecule has 3 aliphatic rings. The molecule has 152 valence electrons. The summed E-state index contributed by atoms with van der Waals surface area (Å²) in [5.74, 6) is -2.45. The predicted octanol–water partition coefficient (Wildman–Crippen LogP) is 3.01. The first-order valence-corrected chi connectivity index (χ1v) is 10.1. The maximum atomic E-state index is 13.5. The molecule has 6 heteroatoms. The van der Waals surface area contributed by atoms with Crippen molar-refractivity contribution in [1.29, 1.82) is 5.26 Å². The van der Waals surface area contributed by atoms with Crippen LogP contribution in [0.4, 0.5) is 5.69 Å². The van der Waals surface area contributed by atoms with Gasteiger partial charge >= 0.3 is 0 Å². The Balaban J connectivity index is 1.61. The van der Waals surface area contributed by atoms with Gasteiger partial charge in [0.05, 0.1) is 35.2 Å². The maximum absolute atomic E-state index is 13.5. The molecule has 0 spiro atoms. The summed E-state index contributed by atoms with van der Waals surface area (Å²) in [6, 6.07) is 16.8. The van der Waals surface area contributed by atoms with Crippen molar-refractivity contribution in [3.63, 3.8) is 0 Å². The van der Waals surface area contributed by atoms with E-state index in [4.69, 9.17) is 0 Å². The number of nitrogens with zero attached hydrogens (tertiary/aromatic N) is 3. The van der Waals surface area contributed by atoms with E-state index in [1.807, 2.05) is 25.1 Å². The second-order valence-corrected chi connectivity index (χ2v) is 8.06. The van der Waals surface area contributed by atoms with Crippen molar-refractivity contribution in [2.75, 3.05) is 4.90 Å². The van der Waals surface area contributed by atoms with E-state index in [1.165, 1.54) is 4.90 Å². The highest BCUT2D eigenvalue weighted by Gasteiger charge is 2.63. The van der Waals surface area contributed by atoms with Crippen molar-refractivity contribution >= 4 is 23.3 Å². The molecule has 2 aromatic rings. The summed E-state index contributed by atoms with van der Waals surface area (Å²) in [6.07, 6.45) is 4.99. The van der Waals surface area contributed by atoms with Gasteiger partial charge in [-0.1, -0.05) is 48.0 Å². The third-order valence-corrected chi connectivity index (χ3v) is 6.30. The molecule has 6 nitrogen and oxygen atoms in total. The number of hydrogen-bond donors (Lipinski definition) is 0. The molecular formula is C25H19N3O3. The Kier molecular flexibility index (Phi) is 4.33. The minimum atomic E-state index is -0.814. The predicted molar refractivity (Wildman–Crippen MR) is 114 cm³/mol. The van der Waals surface area contributed by atoms with E-state index in [2.05, 4.69) is 6.07 Å². The van der Waals surface area contributed by atoms with Crippen LogP contribution in [-0.2, 0) is 9.59 Å². The van der Waals surface area contributed by atoms with Crippen LogP contribution >= 0.6 is 0 Å². The molecule has 31 heavy (non-hydrogen) atoms. The first-order chi connectivity index (χ1) is 15.0. The number of fused-ring (bicyclic) bond motifs is 3. The first-order valence-electron chi connectivity index (χ1n) is 10.1. The van der Waals surface area contributed by atoms with Gasteiger partial charge in [0.25, 0.3) is 0 Å². The van der Waals surface area contributed by atoms with Crippen LogP contribution in [0.2, 0.25) is 0 Å². The van der Waals surface area contributed by atoms with Gasteiger partial charge in [-0.05, 0) is 31.2 Å². The topological polar surface area (TPSA) is 81.5 Å². The number of Topliss-reactive ketones (excluding diaryl/α,β-unsaturated/α-hetero) is 1. The lowest BCUT2D eigenvalue weighted by atomic mass is 9.86. The minimum absolute atomic E-state index is 0.205. The van der Waals surface area contributed by atoms with Crippen LogP contribution in [0.3, 0.4) is 0 Å². The van der Waals surface area contributed by atoms with Crippen molar-refractivity contribution < 1.29 is 14.4 Å². The Morgan fingerprint density at radius 2 is 1.65 bits per heavy atom. The number of nitriles is 1. The number of anilines is 1. The van der Waals surface area contributed by atoms with Crippen LogP contribution in [0.15, 0.2) is 78.5 Å². The molecular weight excluding hydrogens is 390 g/mol. The van der Waals surface area contributed by atoms with E-state index in [0.717, 1.165) is 5.56 Å². The molecule has 0 aliphatic carbocycles. The Morgan fingerprint density at radius 3 is 2.32 bits per heavy atom. The molecule has 4 atom stereocenters. The normalized spacial score (nSPS) is 26.4. The second-order valence-electron chi connectivity index (χ2n) is 8.06. The van der Waals surface area contributed by atoms with Gasteiger partial charge in [-0.25, -0.2) is 4.90 Å². The molecule has 3 aliphatic heterocycles. The molecule has 0 radical (unpaired) electrons. The molecule has 3 heterocycles. The van der Waals surface area contributed by atoms with Crippen LogP contribution in [0.5, 0.6) is 0 Å². The smallest absolute Gasteiger partial charge is 0.240 e. The number of imide groups is 1. The van der Waals surface area contributed by atoms with Gasteiger partial charge < -0.3 is 4.90 Å². The summed E-state index contributed by atoms with van der Waals surface area (Å²) >= 11 is 0. The Morgan fingerprint density at radius 1 is 0.968 bits per heavy atom. The average molecular weight is 409 g/mol. The Labute approximate surface area is 179 Å². The fraction of sp³-hybridized carbons (Fsp3) is 0.200. The summed E-state index contributed by atoms with van der Waals surface area (Å²) in [7, 11) is 0. The number of amides is 2. The summed E-state index contributed by atoms with van der Waals surface area (Å²) in [6.45, 7) is 1.93. The van der Waals surface area contributed by atoms with E-state index in [0.29, 0.717) is 16.8 Å². The monoisotopic (exact) mass is 409 g/mol. The lowest BCUT2D eigenvalue weighted by Crippen LogP contribution is -2.46. The van der Waals surface area contributed by atoms with Gasteiger partial charge in [0.1, 0.15) is 6.04 Å². The molecule has 2 saturated heterocycles. The standard InChI is InChI=1S/C25H19N3O3/c1-15-7-9-18(10-8-15)28-24(30)20-19-13-16(14-26)11-12-27(19)22(21(20)25(28)31)23(29)17-5-3-2-4-6-17/h2-13,19-22H,1H3/t19-,20+,21+,22-/m1/s1. The molecule has 0 bridgehead atoms. The van der Waals surface area contributed by atoms with Crippen molar-refractivity contribution in [3.05, 3.63) is 89.6 Å². The van der Waals surface area contributed by atoms with Crippen molar-refractivity contribution in [3.8, 4) is 6.07 Å². The highest BCUT2D eigenvalue weighted by molar-refractivity contribution is 6.24. The fourth-order valence-electron chi connectivity index (χ4n) is 4.84. The second kappa shape index (κ2) is 7.06. The van der Waals surface area contributed by atoms with Crippen LogP contribution in [0, 0.1) is 30.1 Å². The number of hydrogen-bond acceptors (Lipinski definition) is 5. The van der Waals surface area contributed by atoms with E-state index >= 15 is 0 Å². The highest BCUT2D eigenvalue weighted by Crippen LogP contribution is 2.47. The zero-order chi connectivity index (χ0) is 21.7. The number of aryl methyl sites for hydroxylation is 1. The van der Waals surface area contributed by atoms with Gasteiger partial charge in [0, 0.05) is 11.8 Å². The lowest BCUT2D eigenvalue weighted by molar-refractivity contribution is -0.123. The third-order valence-electron chi connectivity index (χ3n) is 6.30. The number of rotatable bonds is 3. The van der Waals surface area contributed by atoms with Crippen LogP contribution in [0.25, 0.3) is 0 Å². The Hall–Kier alpha value is -3.98. The summed E-state index contributed by atoms with van der Waals surface area (Å²) < 4.78 is 0. The fourth-order valence-corrected chi connectivity index (χ4v) is 4.84. The minimum Gasteiger partial charge on any atom is -0.359 e. The molecule has 0 unspecified atom stereocenters. The SMILES string of the molecule is Cc1ccc(N2C(=O)[C@@H]3[C@H](C2=O)[C@H](C(=O)c2ccccc2)N2C=CC(C#N)=C[C@H]32)cc1. The molecule has 2 fully saturated rings. The number of carbonyl (C=O) groups excluding carboxylic acids is 3. The van der Waals surface area contributed by atoms with Gasteiger partial charge in [-0.2, -0.15) is 5.26 Å². The van der Waals surface area contributed by atoms with E-state index < -0.39 is 23.9 Å². The maximum Gasteiger partial charge on any atom is 0.240 e. The molecule has 0 aromatic heterocycles. The number of carbonyl (C=O) groups is 3. The summed E-state index contributed by atoms with van der Waals surface area (Å²) in [4.78, 5) is 43.5. The number of benzene rings is 2. The van der Waals surface area contributed by atoms with Crippen LogP contribution < -0.4 is 4.90 Å². The van der Waals surface area contributed by atoms with Gasteiger partial charge in [0.2, 0.25) is 11.8 Å². The number of allylic oxidation sites excluding steroid dienone is 2. The zero-order valence-corrected chi connectivity index (χ0v) is 16.8. The van der Waals surface area contributed by atoms with Gasteiger partial charge in [0.15, 0.2) is 5.78 Å². The van der Waals surface area contributed by atoms with Crippen LogP contribution in [-0.4, -0.2) is 34.6 Å². The molecule has 2 aromatic carbocycles. The van der Waals surface area contributed by atoms with Crippen molar-refractivity contribution in [2.45, 2.75) is 19.0 Å². The highest BCUT2D eigenvalue weighted by atomic mass is 16.2. The summed E-state index contributed by atoms with van der Waals surface area (Å²) in [5.41, 5.74) is 2.43. The third kappa shape index (κ3) is 2.82. The van der Waals surface area contributed by atoms with Crippen molar-refractivity contribution in [2.24, 2.45) is 11.8 Å². The van der Waals surface area contributed by atoms with E-state index in [9.17, 15) is 19.6 Å². The summed E-state index contributed by atoms with van der Waals surface area (Å²) in [5, 5.41) is 9.36.